The van der Waals surface area contributed by atoms with Crippen molar-refractivity contribution in [2.24, 2.45) is 11.8 Å². The molecule has 1 saturated carbocycles. The Hall–Kier alpha value is -2.02. The quantitative estimate of drug-likeness (QED) is 0.843. The molecule has 3 fully saturated rings. The molecule has 25 heavy (non-hydrogen) atoms. The molecular weight excluding hydrogens is 316 g/mol. The fourth-order valence-corrected chi connectivity index (χ4v) is 4.47. The fraction of sp³-hybridized carbons (Fsp3) is 0.667. The second-order valence-electron chi connectivity index (χ2n) is 7.78. The molecule has 132 valence electrons. The number of hydrogen-bond acceptors (Lipinski definition) is 7. The Morgan fingerprint density at radius 2 is 1.92 bits per heavy atom. The molecule has 2 unspecified atom stereocenters. The molecule has 7 heteroatoms. The third-order valence-corrected chi connectivity index (χ3v) is 6.02. The molecule has 4 heterocycles. The van der Waals surface area contributed by atoms with Crippen molar-refractivity contribution >= 4 is 5.82 Å². The summed E-state index contributed by atoms with van der Waals surface area (Å²) in [6, 6.07) is 2.23. The van der Waals surface area contributed by atoms with E-state index in [0.717, 1.165) is 44.4 Å². The van der Waals surface area contributed by atoms with Crippen molar-refractivity contribution in [1.29, 1.82) is 0 Å². The minimum atomic E-state index is 0.645. The maximum Gasteiger partial charge on any atom is 0.223 e. The second-order valence-corrected chi connectivity index (χ2v) is 7.78. The first-order valence-electron chi connectivity index (χ1n) is 9.33. The van der Waals surface area contributed by atoms with Crippen LogP contribution in [0.4, 0.5) is 5.82 Å². The molecule has 0 N–H and O–H groups in total. The molecule has 2 aromatic heterocycles. The number of hydrogen-bond donors (Lipinski definition) is 0. The molecule has 2 atom stereocenters. The van der Waals surface area contributed by atoms with Gasteiger partial charge in [-0.05, 0) is 24.7 Å². The number of rotatable bonds is 4. The van der Waals surface area contributed by atoms with Gasteiger partial charge in [-0.2, -0.15) is 4.98 Å². The van der Waals surface area contributed by atoms with E-state index in [1.54, 1.807) is 6.33 Å². The van der Waals surface area contributed by atoms with E-state index in [1.807, 2.05) is 6.92 Å². The van der Waals surface area contributed by atoms with Gasteiger partial charge in [-0.25, -0.2) is 9.97 Å². The van der Waals surface area contributed by atoms with Gasteiger partial charge in [0.2, 0.25) is 5.89 Å². The van der Waals surface area contributed by atoms with E-state index >= 15 is 0 Å². The molecule has 0 radical (unpaired) electrons. The zero-order chi connectivity index (χ0) is 16.8. The molecular formula is C18H24N6O. The first kappa shape index (κ1) is 15.3. The van der Waals surface area contributed by atoms with Gasteiger partial charge in [0.1, 0.15) is 12.1 Å². The van der Waals surface area contributed by atoms with Crippen LogP contribution >= 0.6 is 0 Å². The van der Waals surface area contributed by atoms with Crippen molar-refractivity contribution < 1.29 is 4.52 Å². The van der Waals surface area contributed by atoms with Crippen molar-refractivity contribution in [2.45, 2.75) is 38.6 Å². The van der Waals surface area contributed by atoms with Gasteiger partial charge in [-0.15, -0.1) is 0 Å². The van der Waals surface area contributed by atoms with Gasteiger partial charge in [0, 0.05) is 50.8 Å². The summed E-state index contributed by atoms with van der Waals surface area (Å²) in [6.07, 6.45) is 5.66. The van der Waals surface area contributed by atoms with E-state index in [2.05, 4.69) is 36.0 Å². The van der Waals surface area contributed by atoms with Crippen LogP contribution in [-0.4, -0.2) is 51.2 Å². The number of likely N-dealkylation sites (tertiary alicyclic amines) is 1. The largest absolute Gasteiger partial charge is 0.356 e. The molecule has 0 bridgehead atoms. The van der Waals surface area contributed by atoms with Crippen molar-refractivity contribution in [2.75, 3.05) is 31.1 Å². The standard InChI is InChI=1S/C18H24N6O/c1-12-21-17(22-25-12)10-23-6-14-8-24(9-15(14)7-23)18-5-16(19-11-20-18)13-3-2-4-13/h5,11,13-15H,2-4,6-10H2,1H3. The number of aromatic nitrogens is 4. The molecule has 7 nitrogen and oxygen atoms in total. The molecule has 0 spiro atoms. The lowest BCUT2D eigenvalue weighted by Gasteiger charge is -2.26. The zero-order valence-electron chi connectivity index (χ0n) is 14.6. The summed E-state index contributed by atoms with van der Waals surface area (Å²) in [6.45, 7) is 7.03. The van der Waals surface area contributed by atoms with Crippen molar-refractivity contribution in [1.82, 2.24) is 25.0 Å². The van der Waals surface area contributed by atoms with E-state index in [1.165, 1.54) is 25.0 Å². The molecule has 2 saturated heterocycles. The average molecular weight is 340 g/mol. The van der Waals surface area contributed by atoms with Gasteiger partial charge in [-0.3, -0.25) is 4.90 Å². The second kappa shape index (κ2) is 6.05. The first-order chi connectivity index (χ1) is 12.2. The molecule has 2 aromatic rings. The van der Waals surface area contributed by atoms with E-state index in [4.69, 9.17) is 4.52 Å². The lowest BCUT2D eigenvalue weighted by Crippen LogP contribution is -2.29. The van der Waals surface area contributed by atoms with Crippen LogP contribution in [0.5, 0.6) is 0 Å². The van der Waals surface area contributed by atoms with Gasteiger partial charge >= 0.3 is 0 Å². The van der Waals surface area contributed by atoms with Crippen LogP contribution in [0.1, 0.15) is 42.6 Å². The van der Waals surface area contributed by atoms with E-state index in [0.29, 0.717) is 23.6 Å². The molecule has 3 aliphatic rings. The molecule has 1 aliphatic carbocycles. The highest BCUT2D eigenvalue weighted by molar-refractivity contribution is 5.42. The van der Waals surface area contributed by atoms with Crippen LogP contribution in [0.25, 0.3) is 0 Å². The Morgan fingerprint density at radius 1 is 1.12 bits per heavy atom. The summed E-state index contributed by atoms with van der Waals surface area (Å²) in [4.78, 5) is 18.3. The van der Waals surface area contributed by atoms with Crippen LogP contribution in [0.15, 0.2) is 16.9 Å². The number of nitrogens with zero attached hydrogens (tertiary/aromatic N) is 6. The Bertz CT molecular complexity index is 744. The van der Waals surface area contributed by atoms with Crippen LogP contribution in [-0.2, 0) is 6.54 Å². The van der Waals surface area contributed by atoms with Gasteiger partial charge in [-0.1, -0.05) is 11.6 Å². The van der Waals surface area contributed by atoms with Crippen LogP contribution < -0.4 is 4.90 Å². The Kier molecular flexibility index (Phi) is 3.69. The van der Waals surface area contributed by atoms with Gasteiger partial charge < -0.3 is 9.42 Å². The molecule has 0 amide bonds. The summed E-state index contributed by atoms with van der Waals surface area (Å²) >= 11 is 0. The Labute approximate surface area is 147 Å². The first-order valence-corrected chi connectivity index (χ1v) is 9.33. The summed E-state index contributed by atoms with van der Waals surface area (Å²) in [5.41, 5.74) is 1.24. The predicted molar refractivity (Wildman–Crippen MR) is 92.1 cm³/mol. The molecule has 5 rings (SSSR count). The normalized spacial score (nSPS) is 26.8. The topological polar surface area (TPSA) is 71.2 Å². The summed E-state index contributed by atoms with van der Waals surface area (Å²) in [7, 11) is 0. The van der Waals surface area contributed by atoms with Crippen molar-refractivity contribution in [3.8, 4) is 0 Å². The monoisotopic (exact) mass is 340 g/mol. The van der Waals surface area contributed by atoms with Crippen molar-refractivity contribution in [3.63, 3.8) is 0 Å². The number of fused-ring (bicyclic) bond motifs is 1. The fourth-order valence-electron chi connectivity index (χ4n) is 4.47. The molecule has 0 aromatic carbocycles. The van der Waals surface area contributed by atoms with Gasteiger partial charge in [0.05, 0.1) is 6.54 Å². The van der Waals surface area contributed by atoms with Gasteiger partial charge in [0.25, 0.3) is 0 Å². The third kappa shape index (κ3) is 2.90. The lowest BCUT2D eigenvalue weighted by molar-refractivity contribution is 0.292. The third-order valence-electron chi connectivity index (χ3n) is 6.02. The minimum absolute atomic E-state index is 0.645. The van der Waals surface area contributed by atoms with Crippen molar-refractivity contribution in [3.05, 3.63) is 29.8 Å². The number of aryl methyl sites for hydroxylation is 1. The minimum Gasteiger partial charge on any atom is -0.356 e. The smallest absolute Gasteiger partial charge is 0.223 e. The molecule has 2 aliphatic heterocycles. The Balaban J connectivity index is 1.22. The highest BCUT2D eigenvalue weighted by atomic mass is 16.5. The highest BCUT2D eigenvalue weighted by Gasteiger charge is 2.40. The van der Waals surface area contributed by atoms with E-state index in [-0.39, 0.29) is 0 Å². The summed E-state index contributed by atoms with van der Waals surface area (Å²) in [5, 5.41) is 4.02. The SMILES string of the molecule is Cc1nc(CN2CC3CN(c4cc(C5CCC5)ncn4)CC3C2)no1. The van der Waals surface area contributed by atoms with Gasteiger partial charge in [0.15, 0.2) is 5.82 Å². The summed E-state index contributed by atoms with van der Waals surface area (Å²) < 4.78 is 5.08. The maximum atomic E-state index is 5.08. The van der Waals surface area contributed by atoms with E-state index in [9.17, 15) is 0 Å². The maximum absolute atomic E-state index is 5.08. The highest BCUT2D eigenvalue weighted by Crippen LogP contribution is 2.37. The van der Waals surface area contributed by atoms with E-state index < -0.39 is 0 Å². The summed E-state index contributed by atoms with van der Waals surface area (Å²) in [5.74, 6) is 4.64. The van der Waals surface area contributed by atoms with Crippen LogP contribution in [0.3, 0.4) is 0 Å². The zero-order valence-corrected chi connectivity index (χ0v) is 14.6. The average Bonchev–Trinajstić information content (AvgIpc) is 3.21. The van der Waals surface area contributed by atoms with Crippen LogP contribution in [0, 0.1) is 18.8 Å². The van der Waals surface area contributed by atoms with Crippen LogP contribution in [0.2, 0.25) is 0 Å². The predicted octanol–water partition coefficient (Wildman–Crippen LogP) is 2.00. The lowest BCUT2D eigenvalue weighted by atomic mass is 9.83. The Morgan fingerprint density at radius 3 is 2.56 bits per heavy atom. The number of anilines is 1.